The van der Waals surface area contributed by atoms with E-state index in [2.05, 4.69) is 16.4 Å². The van der Waals surface area contributed by atoms with Gasteiger partial charge in [0.2, 0.25) is 0 Å². The fourth-order valence-corrected chi connectivity index (χ4v) is 2.64. The second-order valence-corrected chi connectivity index (χ2v) is 5.97. The van der Waals surface area contributed by atoms with Gasteiger partial charge in [0.05, 0.1) is 13.2 Å². The minimum Gasteiger partial charge on any atom is -1.00 e. The van der Waals surface area contributed by atoms with Gasteiger partial charge >= 0.3 is 5.97 Å². The Hall–Kier alpha value is -0.760. The number of quaternary nitrogens is 2. The fourth-order valence-electron chi connectivity index (χ4n) is 2.48. The van der Waals surface area contributed by atoms with E-state index < -0.39 is 5.97 Å². The molecule has 0 aliphatic carbocycles. The van der Waals surface area contributed by atoms with Gasteiger partial charge in [-0.05, 0) is 6.07 Å². The second kappa shape index (κ2) is 11.0. The molecule has 0 atom stereocenters. The lowest BCUT2D eigenvalue weighted by Crippen LogP contribution is -3.00. The van der Waals surface area contributed by atoms with Crippen LogP contribution in [0.5, 0.6) is 5.75 Å². The molecule has 1 aliphatic rings. The number of carbonyl (C=O) groups excluding carboxylic acids is 1. The molecule has 1 aliphatic heterocycles. The monoisotopic (exact) mass is 399 g/mol. The van der Waals surface area contributed by atoms with E-state index in [1.165, 1.54) is 7.11 Å². The van der Waals surface area contributed by atoms with Crippen molar-refractivity contribution in [2.24, 2.45) is 0 Å². The third-order valence-corrected chi connectivity index (χ3v) is 4.29. The summed E-state index contributed by atoms with van der Waals surface area (Å²) in [7, 11) is 1.50. The van der Waals surface area contributed by atoms with Crippen LogP contribution in [0.4, 0.5) is 5.69 Å². The number of methoxy groups -OCH3 is 1. The SMILES string of the molecule is COc1cc([NH3+])c(Cl)cc1C(=O)OCCN1CCC([NH3+])CC1.[Cl-].[Cl-]. The number of rotatable bonds is 5. The van der Waals surface area contributed by atoms with E-state index in [-0.39, 0.29) is 24.8 Å². The maximum atomic E-state index is 12.2. The molecular weight excluding hydrogens is 377 g/mol. The molecule has 0 aromatic heterocycles. The number of ether oxygens (including phenoxy) is 2. The van der Waals surface area contributed by atoms with Crippen LogP contribution in [0.25, 0.3) is 0 Å². The predicted molar refractivity (Wildman–Crippen MR) is 83.2 cm³/mol. The summed E-state index contributed by atoms with van der Waals surface area (Å²) in [5.41, 5.74) is 8.80. The zero-order valence-electron chi connectivity index (χ0n) is 13.7. The Labute approximate surface area is 159 Å². The number of hydrogen-bond donors (Lipinski definition) is 2. The molecule has 1 heterocycles. The summed E-state index contributed by atoms with van der Waals surface area (Å²) in [6, 6.07) is 3.73. The first-order valence-corrected chi connectivity index (χ1v) is 7.81. The number of nitrogens with zero attached hydrogens (tertiary/aromatic N) is 1. The molecule has 0 saturated carbocycles. The Bertz CT molecular complexity index is 538. The number of halogens is 3. The van der Waals surface area contributed by atoms with Gasteiger partial charge in [0.25, 0.3) is 0 Å². The van der Waals surface area contributed by atoms with E-state index in [9.17, 15) is 4.79 Å². The first kappa shape index (κ1) is 23.2. The van der Waals surface area contributed by atoms with Crippen LogP contribution < -0.4 is 41.0 Å². The Morgan fingerprint density at radius 3 is 2.54 bits per heavy atom. The molecule has 0 unspecified atom stereocenters. The molecule has 1 fully saturated rings. The highest BCUT2D eigenvalue weighted by Gasteiger charge is 2.20. The normalized spacial score (nSPS) is 15.2. The van der Waals surface area contributed by atoms with Gasteiger partial charge < -0.3 is 45.8 Å². The Balaban J connectivity index is 0.00000264. The molecule has 0 bridgehead atoms. The highest BCUT2D eigenvalue weighted by atomic mass is 35.5. The first-order chi connectivity index (χ1) is 10.5. The van der Waals surface area contributed by atoms with E-state index in [1.807, 2.05) is 0 Å². The second-order valence-electron chi connectivity index (χ2n) is 5.56. The summed E-state index contributed by atoms with van der Waals surface area (Å²) in [6.07, 6.45) is 2.20. The lowest BCUT2D eigenvalue weighted by atomic mass is 10.1. The van der Waals surface area contributed by atoms with Crippen molar-refractivity contribution >= 4 is 23.3 Å². The number of esters is 1. The molecule has 6 N–H and O–H groups in total. The van der Waals surface area contributed by atoms with E-state index in [0.717, 1.165) is 32.5 Å². The highest BCUT2D eigenvalue weighted by molar-refractivity contribution is 6.33. The largest absolute Gasteiger partial charge is 1.00 e. The number of benzene rings is 1. The van der Waals surface area contributed by atoms with Crippen LogP contribution in [0.15, 0.2) is 12.1 Å². The molecule has 24 heavy (non-hydrogen) atoms. The lowest BCUT2D eigenvalue weighted by molar-refractivity contribution is -0.426. The van der Waals surface area contributed by atoms with Crippen molar-refractivity contribution in [1.82, 2.24) is 4.90 Å². The molecule has 0 spiro atoms. The van der Waals surface area contributed by atoms with E-state index >= 15 is 0 Å². The molecule has 1 aromatic carbocycles. The maximum Gasteiger partial charge on any atom is 0.342 e. The average molecular weight is 401 g/mol. The summed E-state index contributed by atoms with van der Waals surface area (Å²) in [4.78, 5) is 14.5. The van der Waals surface area contributed by atoms with Gasteiger partial charge in [-0.3, -0.25) is 4.90 Å². The molecule has 9 heteroatoms. The third kappa shape index (κ3) is 6.27. The van der Waals surface area contributed by atoms with Crippen LogP contribution in [0.1, 0.15) is 23.2 Å². The lowest BCUT2D eigenvalue weighted by Gasteiger charge is -2.28. The third-order valence-electron chi connectivity index (χ3n) is 3.94. The molecule has 138 valence electrons. The van der Waals surface area contributed by atoms with Crippen LogP contribution in [-0.4, -0.2) is 50.3 Å². The molecule has 0 amide bonds. The van der Waals surface area contributed by atoms with Crippen LogP contribution in [0, 0.1) is 0 Å². The average Bonchev–Trinajstić information content (AvgIpc) is 2.51. The van der Waals surface area contributed by atoms with E-state index in [0.29, 0.717) is 34.7 Å². The molecule has 0 radical (unpaired) electrons. The Kier molecular flexibility index (Phi) is 10.6. The minimum absolute atomic E-state index is 0. The summed E-state index contributed by atoms with van der Waals surface area (Å²) >= 11 is 6.02. The van der Waals surface area contributed by atoms with Gasteiger partial charge in [-0.1, -0.05) is 11.6 Å². The van der Waals surface area contributed by atoms with Gasteiger partial charge in [0.15, 0.2) is 5.69 Å². The topological polar surface area (TPSA) is 94.0 Å². The van der Waals surface area contributed by atoms with Gasteiger partial charge in [0, 0.05) is 38.5 Å². The van der Waals surface area contributed by atoms with Crippen molar-refractivity contribution in [2.45, 2.75) is 18.9 Å². The molecule has 1 saturated heterocycles. The predicted octanol–water partition coefficient (Wildman–Crippen LogP) is -5.91. The van der Waals surface area contributed by atoms with Crippen LogP contribution in [0.3, 0.4) is 0 Å². The molecule has 2 rings (SSSR count). The zero-order valence-corrected chi connectivity index (χ0v) is 16.0. The molecular formula is C15H24Cl3N3O3. The smallest absolute Gasteiger partial charge is 0.342 e. The van der Waals surface area contributed by atoms with Crippen molar-refractivity contribution in [2.75, 3.05) is 33.4 Å². The van der Waals surface area contributed by atoms with Gasteiger partial charge in [-0.25, -0.2) is 4.79 Å². The first-order valence-electron chi connectivity index (χ1n) is 7.43. The summed E-state index contributed by atoms with van der Waals surface area (Å²) in [6.45, 7) is 3.11. The quantitative estimate of drug-likeness (QED) is 0.481. The maximum absolute atomic E-state index is 12.2. The number of carbonyl (C=O) groups is 1. The number of piperidine rings is 1. The van der Waals surface area contributed by atoms with Crippen LogP contribution in [0.2, 0.25) is 5.02 Å². The summed E-state index contributed by atoms with van der Waals surface area (Å²) in [5.74, 6) is 0.00284. The molecule has 6 nitrogen and oxygen atoms in total. The summed E-state index contributed by atoms with van der Waals surface area (Å²) in [5, 5.41) is 0.422. The van der Waals surface area contributed by atoms with Crippen LogP contribution >= 0.6 is 11.6 Å². The van der Waals surface area contributed by atoms with Gasteiger partial charge in [-0.15, -0.1) is 0 Å². The minimum atomic E-state index is -0.425. The van der Waals surface area contributed by atoms with Crippen molar-refractivity contribution in [3.8, 4) is 5.75 Å². The highest BCUT2D eigenvalue weighted by Crippen LogP contribution is 2.28. The van der Waals surface area contributed by atoms with E-state index in [4.69, 9.17) is 21.1 Å². The standard InChI is InChI=1S/C15H22ClN3O3.2ClH/c1-21-14-9-13(18)12(16)8-11(14)15(20)22-7-6-19-4-2-10(17)3-5-19;;/h8-10H,2-7,17-18H2,1H3;2*1H. The van der Waals surface area contributed by atoms with Gasteiger partial charge in [-0.2, -0.15) is 0 Å². The van der Waals surface area contributed by atoms with Crippen molar-refractivity contribution in [3.05, 3.63) is 22.7 Å². The van der Waals surface area contributed by atoms with E-state index in [1.54, 1.807) is 12.1 Å². The Morgan fingerprint density at radius 2 is 1.96 bits per heavy atom. The fraction of sp³-hybridized carbons (Fsp3) is 0.533. The van der Waals surface area contributed by atoms with Crippen LogP contribution in [-0.2, 0) is 4.74 Å². The summed E-state index contributed by atoms with van der Waals surface area (Å²) < 4.78 is 10.5. The van der Waals surface area contributed by atoms with Crippen molar-refractivity contribution < 1.29 is 50.5 Å². The van der Waals surface area contributed by atoms with Gasteiger partial charge in [0.1, 0.15) is 22.9 Å². The zero-order chi connectivity index (χ0) is 16.1. The Morgan fingerprint density at radius 1 is 1.33 bits per heavy atom. The van der Waals surface area contributed by atoms with Crippen molar-refractivity contribution in [1.29, 1.82) is 0 Å². The number of likely N-dealkylation sites (tertiary alicyclic amines) is 1. The van der Waals surface area contributed by atoms with Crippen molar-refractivity contribution in [3.63, 3.8) is 0 Å². The number of hydrogen-bond acceptors (Lipinski definition) is 4. The molecule has 1 aromatic rings.